The van der Waals surface area contributed by atoms with Gasteiger partial charge in [-0.25, -0.2) is 4.79 Å². The van der Waals surface area contributed by atoms with Gasteiger partial charge in [0.1, 0.15) is 5.75 Å². The Hall–Kier alpha value is -2.73. The summed E-state index contributed by atoms with van der Waals surface area (Å²) in [5.41, 5.74) is 1.66. The monoisotopic (exact) mass is 360 g/mol. The first-order chi connectivity index (χ1) is 12.6. The number of benzene rings is 2. The van der Waals surface area contributed by atoms with Gasteiger partial charge in [-0.15, -0.1) is 0 Å². The molecular formula is C20H24O6. The molecule has 0 amide bonds. The Morgan fingerprint density at radius 3 is 2.42 bits per heavy atom. The first-order valence-corrected chi connectivity index (χ1v) is 8.26. The summed E-state index contributed by atoms with van der Waals surface area (Å²) < 4.78 is 20.6. The zero-order valence-corrected chi connectivity index (χ0v) is 15.2. The highest BCUT2D eigenvalue weighted by atomic mass is 16.6. The van der Waals surface area contributed by atoms with E-state index in [0.29, 0.717) is 35.7 Å². The van der Waals surface area contributed by atoms with Crippen molar-refractivity contribution in [2.75, 3.05) is 27.9 Å². The maximum absolute atomic E-state index is 11.3. The Kier molecular flexibility index (Phi) is 7.29. The average Bonchev–Trinajstić information content (AvgIpc) is 2.69. The molecule has 0 aliphatic heterocycles. The second kappa shape index (κ2) is 9.68. The molecule has 0 saturated carbocycles. The van der Waals surface area contributed by atoms with Crippen LogP contribution in [-0.2, 0) is 16.0 Å². The van der Waals surface area contributed by atoms with Crippen molar-refractivity contribution in [3.63, 3.8) is 0 Å². The van der Waals surface area contributed by atoms with Crippen LogP contribution in [0.15, 0.2) is 42.5 Å². The zero-order valence-electron chi connectivity index (χ0n) is 15.2. The van der Waals surface area contributed by atoms with Crippen molar-refractivity contribution in [3.8, 4) is 17.2 Å². The van der Waals surface area contributed by atoms with Gasteiger partial charge in [-0.1, -0.05) is 24.3 Å². The summed E-state index contributed by atoms with van der Waals surface area (Å²) in [6, 6.07) is 12.8. The molecule has 26 heavy (non-hydrogen) atoms. The normalized spacial score (nSPS) is 11.5. The maximum atomic E-state index is 11.3. The lowest BCUT2D eigenvalue weighted by molar-refractivity contribution is -0.142. The smallest absolute Gasteiger partial charge is 0.343 e. The van der Waals surface area contributed by atoms with Crippen molar-refractivity contribution in [1.82, 2.24) is 0 Å². The van der Waals surface area contributed by atoms with E-state index >= 15 is 0 Å². The van der Waals surface area contributed by atoms with Crippen molar-refractivity contribution in [2.45, 2.75) is 18.9 Å². The Bertz CT molecular complexity index is 728. The van der Waals surface area contributed by atoms with Crippen molar-refractivity contribution >= 4 is 5.97 Å². The lowest BCUT2D eigenvalue weighted by Gasteiger charge is -2.16. The Balaban J connectivity index is 2.04. The molecule has 0 heterocycles. The highest BCUT2D eigenvalue weighted by Crippen LogP contribution is 2.31. The van der Waals surface area contributed by atoms with Crippen molar-refractivity contribution < 1.29 is 28.8 Å². The number of carbonyl (C=O) groups is 1. The van der Waals surface area contributed by atoms with Gasteiger partial charge >= 0.3 is 5.97 Å². The number of para-hydroxylation sites is 1. The van der Waals surface area contributed by atoms with Crippen molar-refractivity contribution in [3.05, 3.63) is 53.6 Å². The van der Waals surface area contributed by atoms with E-state index < -0.39 is 12.1 Å². The molecule has 2 aromatic rings. The van der Waals surface area contributed by atoms with Crippen LogP contribution in [0, 0.1) is 0 Å². The third kappa shape index (κ3) is 5.13. The molecule has 1 N–H and O–H groups in total. The molecule has 2 aromatic carbocycles. The van der Waals surface area contributed by atoms with Crippen LogP contribution in [-0.4, -0.2) is 39.0 Å². The Labute approximate surface area is 153 Å². The molecule has 0 bridgehead atoms. The minimum atomic E-state index is -0.725. The van der Waals surface area contributed by atoms with Crippen LogP contribution in [0.2, 0.25) is 0 Å². The van der Waals surface area contributed by atoms with Gasteiger partial charge in [0, 0.05) is 5.56 Å². The summed E-state index contributed by atoms with van der Waals surface area (Å²) in [4.78, 5) is 11.3. The summed E-state index contributed by atoms with van der Waals surface area (Å²) >= 11 is 0. The number of aliphatic hydroxyl groups excluding tert-OH is 1. The minimum absolute atomic E-state index is 0.198. The molecule has 1 atom stereocenters. The van der Waals surface area contributed by atoms with Crippen molar-refractivity contribution in [2.24, 2.45) is 0 Å². The number of esters is 1. The van der Waals surface area contributed by atoms with Gasteiger partial charge < -0.3 is 24.1 Å². The Morgan fingerprint density at radius 2 is 1.73 bits per heavy atom. The van der Waals surface area contributed by atoms with Crippen LogP contribution < -0.4 is 14.2 Å². The van der Waals surface area contributed by atoms with Crippen LogP contribution in [0.4, 0.5) is 0 Å². The fraction of sp³-hybridized carbons (Fsp3) is 0.350. The lowest BCUT2D eigenvalue weighted by atomic mass is 10.0. The third-order valence-corrected chi connectivity index (χ3v) is 4.01. The van der Waals surface area contributed by atoms with Gasteiger partial charge in [-0.05, 0) is 36.6 Å². The van der Waals surface area contributed by atoms with Gasteiger partial charge in [0.05, 0.1) is 27.4 Å². The molecule has 0 saturated heterocycles. The van der Waals surface area contributed by atoms with E-state index in [1.165, 1.54) is 7.11 Å². The number of hydrogen-bond donors (Lipinski definition) is 1. The van der Waals surface area contributed by atoms with E-state index in [4.69, 9.17) is 14.2 Å². The van der Waals surface area contributed by atoms with Gasteiger partial charge in [0.15, 0.2) is 18.1 Å². The molecule has 6 heteroatoms. The summed E-state index contributed by atoms with van der Waals surface area (Å²) in [5, 5.41) is 10.6. The molecular weight excluding hydrogens is 336 g/mol. The number of carbonyl (C=O) groups excluding carboxylic acids is 1. The van der Waals surface area contributed by atoms with Crippen LogP contribution >= 0.6 is 0 Å². The first-order valence-electron chi connectivity index (χ1n) is 8.26. The van der Waals surface area contributed by atoms with Crippen LogP contribution in [0.1, 0.15) is 23.7 Å². The molecule has 0 aromatic heterocycles. The molecule has 0 aliphatic rings. The quantitative estimate of drug-likeness (QED) is 0.693. The summed E-state index contributed by atoms with van der Waals surface area (Å²) in [5.74, 6) is 1.32. The summed E-state index contributed by atoms with van der Waals surface area (Å²) in [6.45, 7) is -0.198. The van der Waals surface area contributed by atoms with Gasteiger partial charge in [-0.2, -0.15) is 0 Å². The van der Waals surface area contributed by atoms with Crippen molar-refractivity contribution in [1.29, 1.82) is 0 Å². The standard InChI is InChI=1S/C20H24O6/c1-23-18-11-9-14(12-19(18)24-2)8-10-16(21)15-6-4-5-7-17(15)26-13-20(22)25-3/h4-7,9,11-12,16,21H,8,10,13H2,1-3H3. The minimum Gasteiger partial charge on any atom is -0.493 e. The van der Waals surface area contributed by atoms with E-state index in [9.17, 15) is 9.90 Å². The second-order valence-electron chi connectivity index (χ2n) is 5.65. The van der Waals surface area contributed by atoms with E-state index in [2.05, 4.69) is 4.74 Å². The SMILES string of the molecule is COC(=O)COc1ccccc1C(O)CCc1ccc(OC)c(OC)c1. The number of aliphatic hydroxyl groups is 1. The second-order valence-corrected chi connectivity index (χ2v) is 5.65. The number of aryl methyl sites for hydroxylation is 1. The van der Waals surface area contributed by atoms with E-state index in [-0.39, 0.29) is 6.61 Å². The predicted molar refractivity (Wildman–Crippen MR) is 96.8 cm³/mol. The van der Waals surface area contributed by atoms with Gasteiger partial charge in [0.2, 0.25) is 0 Å². The van der Waals surface area contributed by atoms with Gasteiger partial charge in [0.25, 0.3) is 0 Å². The average molecular weight is 360 g/mol. The fourth-order valence-electron chi connectivity index (χ4n) is 2.58. The summed E-state index contributed by atoms with van der Waals surface area (Å²) in [6.07, 6.45) is 0.415. The Morgan fingerprint density at radius 1 is 1.00 bits per heavy atom. The molecule has 0 aliphatic carbocycles. The van der Waals surface area contributed by atoms with E-state index in [0.717, 1.165) is 5.56 Å². The third-order valence-electron chi connectivity index (χ3n) is 4.01. The molecule has 6 nitrogen and oxygen atoms in total. The van der Waals surface area contributed by atoms with E-state index in [1.54, 1.807) is 32.4 Å². The molecule has 1 unspecified atom stereocenters. The van der Waals surface area contributed by atoms with E-state index in [1.807, 2.05) is 24.3 Å². The summed E-state index contributed by atoms with van der Waals surface area (Å²) in [7, 11) is 4.48. The topological polar surface area (TPSA) is 74.2 Å². The molecule has 140 valence electrons. The van der Waals surface area contributed by atoms with Crippen LogP contribution in [0.3, 0.4) is 0 Å². The number of rotatable bonds is 9. The number of ether oxygens (including phenoxy) is 4. The number of hydrogen-bond acceptors (Lipinski definition) is 6. The molecule has 0 radical (unpaired) electrons. The lowest BCUT2D eigenvalue weighted by Crippen LogP contribution is -2.14. The fourth-order valence-corrected chi connectivity index (χ4v) is 2.58. The van der Waals surface area contributed by atoms with Gasteiger partial charge in [-0.3, -0.25) is 0 Å². The number of methoxy groups -OCH3 is 3. The first kappa shape index (κ1) is 19.6. The molecule has 0 spiro atoms. The largest absolute Gasteiger partial charge is 0.493 e. The molecule has 0 fully saturated rings. The zero-order chi connectivity index (χ0) is 18.9. The van der Waals surface area contributed by atoms with Crippen LogP contribution in [0.25, 0.3) is 0 Å². The highest BCUT2D eigenvalue weighted by molar-refractivity contribution is 5.70. The highest BCUT2D eigenvalue weighted by Gasteiger charge is 2.15. The molecule has 2 rings (SSSR count). The maximum Gasteiger partial charge on any atom is 0.343 e. The van der Waals surface area contributed by atoms with Crippen LogP contribution in [0.5, 0.6) is 17.2 Å². The predicted octanol–water partition coefficient (Wildman–Crippen LogP) is 2.92.